The highest BCUT2D eigenvalue weighted by atomic mass is 16.6. The number of carbonyl (C=O) groups is 1. The molecule has 1 aromatic heterocycles. The molecule has 2 N–H and O–H groups in total. The Labute approximate surface area is 184 Å². The van der Waals surface area contributed by atoms with E-state index in [1.165, 1.54) is 12.1 Å². The van der Waals surface area contributed by atoms with E-state index in [2.05, 4.69) is 15.6 Å². The number of hydrogen-bond acceptors (Lipinski definition) is 5. The highest BCUT2D eigenvalue weighted by Crippen LogP contribution is 2.29. The quantitative estimate of drug-likeness (QED) is 0.314. The van der Waals surface area contributed by atoms with Gasteiger partial charge in [0.25, 0.3) is 11.6 Å². The lowest BCUT2D eigenvalue weighted by atomic mass is 10.1. The van der Waals surface area contributed by atoms with Gasteiger partial charge in [-0.2, -0.15) is 0 Å². The molecule has 0 unspecified atom stereocenters. The maximum Gasteiger partial charge on any atom is 0.293 e. The highest BCUT2D eigenvalue weighted by Gasteiger charge is 2.18. The first-order valence-corrected chi connectivity index (χ1v) is 9.98. The van der Waals surface area contributed by atoms with Crippen molar-refractivity contribution in [3.8, 4) is 0 Å². The summed E-state index contributed by atoms with van der Waals surface area (Å²) in [5.74, 6) is 0.506. The topological polar surface area (TPSA) is 102 Å². The Bertz CT molecular complexity index is 1250. The molecule has 32 heavy (non-hydrogen) atoms. The van der Waals surface area contributed by atoms with Gasteiger partial charge in [-0.15, -0.1) is 0 Å². The van der Waals surface area contributed by atoms with Gasteiger partial charge in [-0.1, -0.05) is 30.3 Å². The molecule has 8 nitrogen and oxygen atoms in total. The van der Waals surface area contributed by atoms with Crippen molar-refractivity contribution in [2.45, 2.75) is 13.5 Å². The van der Waals surface area contributed by atoms with Crippen LogP contribution < -0.4 is 10.6 Å². The minimum absolute atomic E-state index is 0.174. The second-order valence-corrected chi connectivity index (χ2v) is 7.23. The third-order valence-corrected chi connectivity index (χ3v) is 5.00. The molecule has 0 fully saturated rings. The van der Waals surface area contributed by atoms with E-state index in [0.717, 1.165) is 17.1 Å². The summed E-state index contributed by atoms with van der Waals surface area (Å²) in [6.07, 6.45) is 3.66. The largest absolute Gasteiger partial charge is 0.350 e. The van der Waals surface area contributed by atoms with Crippen LogP contribution in [0.15, 0.2) is 85.2 Å². The number of nitrogens with zero attached hydrogens (tertiary/aromatic N) is 3. The van der Waals surface area contributed by atoms with E-state index in [1.54, 1.807) is 24.4 Å². The number of imidazole rings is 1. The zero-order valence-electron chi connectivity index (χ0n) is 17.4. The monoisotopic (exact) mass is 427 g/mol. The van der Waals surface area contributed by atoms with E-state index in [1.807, 2.05) is 60.2 Å². The third-order valence-electron chi connectivity index (χ3n) is 5.00. The molecule has 1 heterocycles. The maximum absolute atomic E-state index is 12.7. The fourth-order valence-corrected chi connectivity index (χ4v) is 3.27. The summed E-state index contributed by atoms with van der Waals surface area (Å²) in [6.45, 7) is 2.62. The zero-order chi connectivity index (χ0) is 22.5. The second-order valence-electron chi connectivity index (χ2n) is 7.23. The van der Waals surface area contributed by atoms with Crippen molar-refractivity contribution in [2.75, 3.05) is 10.6 Å². The van der Waals surface area contributed by atoms with Crippen LogP contribution >= 0.6 is 0 Å². The maximum atomic E-state index is 12.7. The lowest BCUT2D eigenvalue weighted by Crippen LogP contribution is -2.12. The number of anilines is 3. The molecule has 0 spiro atoms. The number of amides is 1. The molecule has 0 aliphatic rings. The van der Waals surface area contributed by atoms with Crippen LogP contribution in [0, 0.1) is 17.0 Å². The molecule has 4 aromatic rings. The molecule has 0 saturated carbocycles. The average molecular weight is 427 g/mol. The van der Waals surface area contributed by atoms with Crippen molar-refractivity contribution >= 4 is 28.7 Å². The molecule has 4 rings (SSSR count). The van der Waals surface area contributed by atoms with Crippen LogP contribution in [0.4, 0.5) is 22.7 Å². The van der Waals surface area contributed by atoms with Crippen LogP contribution in [0.1, 0.15) is 21.7 Å². The Morgan fingerprint density at radius 3 is 2.44 bits per heavy atom. The van der Waals surface area contributed by atoms with Crippen molar-refractivity contribution < 1.29 is 9.72 Å². The van der Waals surface area contributed by atoms with Crippen molar-refractivity contribution in [2.24, 2.45) is 0 Å². The van der Waals surface area contributed by atoms with Gasteiger partial charge in [0.15, 0.2) is 0 Å². The fraction of sp³-hybridized carbons (Fsp3) is 0.0833. The van der Waals surface area contributed by atoms with Gasteiger partial charge in [-0.3, -0.25) is 14.9 Å². The molecule has 0 aliphatic carbocycles. The Morgan fingerprint density at radius 2 is 1.78 bits per heavy atom. The van der Waals surface area contributed by atoms with Gasteiger partial charge in [0.2, 0.25) is 0 Å². The first kappa shape index (κ1) is 20.8. The number of nitrogens with one attached hydrogen (secondary N) is 2. The second kappa shape index (κ2) is 9.13. The number of hydrogen-bond donors (Lipinski definition) is 2. The van der Waals surface area contributed by atoms with Crippen LogP contribution in [0.3, 0.4) is 0 Å². The van der Waals surface area contributed by atoms with E-state index in [9.17, 15) is 14.9 Å². The SMILES string of the molecule is Cc1nccn1Cc1ccc(NC(=O)c2ccc(Nc3ccccc3)c([N+](=O)[O-])c2)cc1. The summed E-state index contributed by atoms with van der Waals surface area (Å²) in [7, 11) is 0. The number of rotatable bonds is 7. The number of aromatic nitrogens is 2. The summed E-state index contributed by atoms with van der Waals surface area (Å²) >= 11 is 0. The first-order valence-electron chi connectivity index (χ1n) is 9.98. The molecule has 0 radical (unpaired) electrons. The summed E-state index contributed by atoms with van der Waals surface area (Å²) in [6, 6.07) is 21.0. The highest BCUT2D eigenvalue weighted by molar-refractivity contribution is 6.05. The molecule has 3 aromatic carbocycles. The molecule has 0 atom stereocenters. The van der Waals surface area contributed by atoms with E-state index >= 15 is 0 Å². The molecular weight excluding hydrogens is 406 g/mol. The number of nitro groups is 1. The normalized spacial score (nSPS) is 10.5. The van der Waals surface area contributed by atoms with Crippen molar-refractivity contribution in [1.82, 2.24) is 9.55 Å². The predicted octanol–water partition coefficient (Wildman–Crippen LogP) is 5.14. The van der Waals surface area contributed by atoms with E-state index in [-0.39, 0.29) is 11.3 Å². The van der Waals surface area contributed by atoms with Crippen LogP contribution in [-0.2, 0) is 6.54 Å². The molecule has 1 amide bonds. The van der Waals surface area contributed by atoms with Gasteiger partial charge in [-0.25, -0.2) is 4.98 Å². The lowest BCUT2D eigenvalue weighted by molar-refractivity contribution is -0.383. The number of benzene rings is 3. The van der Waals surface area contributed by atoms with Crippen LogP contribution in [-0.4, -0.2) is 20.4 Å². The molecule has 0 bridgehead atoms. The van der Waals surface area contributed by atoms with Crippen LogP contribution in [0.25, 0.3) is 0 Å². The van der Waals surface area contributed by atoms with E-state index < -0.39 is 10.8 Å². The summed E-state index contributed by atoms with van der Waals surface area (Å²) < 4.78 is 2.03. The molecule has 160 valence electrons. The number of carbonyl (C=O) groups excluding carboxylic acids is 1. The fourth-order valence-electron chi connectivity index (χ4n) is 3.27. The lowest BCUT2D eigenvalue weighted by Gasteiger charge is -2.10. The third kappa shape index (κ3) is 4.81. The predicted molar refractivity (Wildman–Crippen MR) is 123 cm³/mol. The standard InChI is InChI=1S/C24H21N5O3/c1-17-25-13-14-28(17)16-18-7-10-21(11-8-18)27-24(30)19-9-12-22(23(15-19)29(31)32)26-20-5-3-2-4-6-20/h2-15,26H,16H2,1H3,(H,27,30). The molecule has 0 aliphatic heterocycles. The van der Waals surface area contributed by atoms with Crippen molar-refractivity contribution in [3.63, 3.8) is 0 Å². The summed E-state index contributed by atoms with van der Waals surface area (Å²) in [4.78, 5) is 27.9. The Morgan fingerprint density at radius 1 is 1.03 bits per heavy atom. The van der Waals surface area contributed by atoms with Gasteiger partial charge in [-0.05, 0) is 48.9 Å². The number of para-hydroxylation sites is 1. The van der Waals surface area contributed by atoms with Crippen LogP contribution in [0.2, 0.25) is 0 Å². The van der Waals surface area contributed by atoms with Gasteiger partial charge in [0.1, 0.15) is 11.5 Å². The van der Waals surface area contributed by atoms with Gasteiger partial charge < -0.3 is 15.2 Å². The number of aryl methyl sites for hydroxylation is 1. The average Bonchev–Trinajstić information content (AvgIpc) is 3.20. The van der Waals surface area contributed by atoms with E-state index in [0.29, 0.717) is 17.9 Å². The summed E-state index contributed by atoms with van der Waals surface area (Å²) in [5, 5.41) is 17.4. The zero-order valence-corrected chi connectivity index (χ0v) is 17.4. The molecule has 8 heteroatoms. The van der Waals surface area contributed by atoms with Crippen molar-refractivity contribution in [3.05, 3.63) is 112 Å². The summed E-state index contributed by atoms with van der Waals surface area (Å²) in [5.41, 5.74) is 2.74. The molecular formula is C24H21N5O3. The molecule has 0 saturated heterocycles. The van der Waals surface area contributed by atoms with Gasteiger partial charge >= 0.3 is 0 Å². The number of nitro benzene ring substituents is 1. The van der Waals surface area contributed by atoms with Gasteiger partial charge in [0.05, 0.1) is 4.92 Å². The Balaban J connectivity index is 1.47. The minimum Gasteiger partial charge on any atom is -0.350 e. The smallest absolute Gasteiger partial charge is 0.293 e. The van der Waals surface area contributed by atoms with Crippen LogP contribution in [0.5, 0.6) is 0 Å². The Kier molecular flexibility index (Phi) is 5.94. The van der Waals surface area contributed by atoms with Gasteiger partial charge in [0, 0.05) is 41.9 Å². The Hall–Kier alpha value is -4.46. The minimum atomic E-state index is -0.505. The first-order chi connectivity index (χ1) is 15.5. The van der Waals surface area contributed by atoms with E-state index in [4.69, 9.17) is 0 Å². The van der Waals surface area contributed by atoms with Crippen molar-refractivity contribution in [1.29, 1.82) is 0 Å².